The first-order chi connectivity index (χ1) is 17.0. The maximum absolute atomic E-state index is 13.4. The number of rotatable bonds is 7. The third-order valence-electron chi connectivity index (χ3n) is 4.86. The summed E-state index contributed by atoms with van der Waals surface area (Å²) >= 11 is 7.88. The van der Waals surface area contributed by atoms with Crippen LogP contribution in [0.2, 0.25) is 0 Å². The van der Waals surface area contributed by atoms with Gasteiger partial charge in [-0.05, 0) is 17.5 Å². The number of hydrogen-bond donors (Lipinski definition) is 0. The van der Waals surface area contributed by atoms with Gasteiger partial charge in [0.2, 0.25) is 0 Å². The van der Waals surface area contributed by atoms with Gasteiger partial charge in [-0.2, -0.15) is 0 Å². The molecule has 2 fully saturated rings. The van der Waals surface area contributed by atoms with Crippen molar-refractivity contribution in [3.8, 4) is 0 Å². The molecule has 2 saturated heterocycles. The van der Waals surface area contributed by atoms with Crippen LogP contribution in [0.5, 0.6) is 0 Å². The lowest BCUT2D eigenvalue weighted by Gasteiger charge is -2.46. The number of thiophene rings is 1. The van der Waals surface area contributed by atoms with Crippen LogP contribution in [0, 0.1) is 0 Å². The van der Waals surface area contributed by atoms with Crippen molar-refractivity contribution >= 4 is 75.5 Å². The lowest BCUT2D eigenvalue weighted by atomic mass is 9.96. The minimum absolute atomic E-state index is 0.101. The van der Waals surface area contributed by atoms with Crippen LogP contribution in [-0.4, -0.2) is 76.3 Å². The number of thioether (sulfide) groups is 1. The Balaban J connectivity index is 2.04. The molecule has 0 saturated carbocycles. The molecule has 5 atom stereocenters. The number of carbonyl (C=O) groups excluding carboxylic acids is 5. The standard InChI is InChI=1S/C22H23NO10S3/c1-10(24)29-9-15-17(30-11(2)25)18(31-12(3)26)19(32-13(4)27)21(33-15)23-20(28)16(36-22(23)34)8-14-6-5-7-35-14/h5-8,15,17-19,21H,9H2,1-4H3/b16-8-/t15-,17+,18+,19+,21-/m1/s1. The molecule has 11 nitrogen and oxygen atoms in total. The fraction of sp³-hybridized carbons (Fsp3) is 0.455. The van der Waals surface area contributed by atoms with Crippen molar-refractivity contribution in [3.05, 3.63) is 27.3 Å². The maximum Gasteiger partial charge on any atom is 0.303 e. The van der Waals surface area contributed by atoms with Crippen LogP contribution in [0.25, 0.3) is 6.08 Å². The Morgan fingerprint density at radius 3 is 2.17 bits per heavy atom. The van der Waals surface area contributed by atoms with Gasteiger partial charge in [-0.1, -0.05) is 30.0 Å². The zero-order valence-corrected chi connectivity index (χ0v) is 22.1. The average molecular weight is 558 g/mol. The van der Waals surface area contributed by atoms with E-state index in [4.69, 9.17) is 35.9 Å². The number of carbonyl (C=O) groups is 5. The van der Waals surface area contributed by atoms with E-state index in [1.54, 1.807) is 6.08 Å². The molecule has 3 heterocycles. The molecule has 194 valence electrons. The summed E-state index contributed by atoms with van der Waals surface area (Å²) in [5.74, 6) is -3.47. The van der Waals surface area contributed by atoms with Crippen LogP contribution in [0.15, 0.2) is 22.4 Å². The molecule has 14 heteroatoms. The average Bonchev–Trinajstić information content (AvgIpc) is 3.37. The molecule has 2 aliphatic rings. The van der Waals surface area contributed by atoms with E-state index in [9.17, 15) is 24.0 Å². The fourth-order valence-corrected chi connectivity index (χ4v) is 5.65. The summed E-state index contributed by atoms with van der Waals surface area (Å²) in [6.45, 7) is 4.12. The Morgan fingerprint density at radius 1 is 1.00 bits per heavy atom. The molecule has 0 aromatic carbocycles. The normalized spacial score (nSPS) is 27.1. The van der Waals surface area contributed by atoms with Crippen LogP contribution in [-0.2, 0) is 47.7 Å². The SMILES string of the molecule is CC(=O)OC[C@H]1O[C@@H](N2C(=O)/C(=C/c3cccs3)SC2=S)[C@@H](OC(C)=O)[C@@H](OC(C)=O)[C@H]1OC(C)=O. The van der Waals surface area contributed by atoms with E-state index in [0.717, 1.165) is 42.3 Å². The van der Waals surface area contributed by atoms with Gasteiger partial charge in [0.15, 0.2) is 28.9 Å². The molecule has 1 aromatic heterocycles. The van der Waals surface area contributed by atoms with Crippen molar-refractivity contribution in [2.75, 3.05) is 6.61 Å². The van der Waals surface area contributed by atoms with Crippen LogP contribution in [0.4, 0.5) is 0 Å². The summed E-state index contributed by atoms with van der Waals surface area (Å²) in [6.07, 6.45) is -5.06. The van der Waals surface area contributed by atoms with Gasteiger partial charge in [-0.15, -0.1) is 11.3 Å². The maximum atomic E-state index is 13.4. The van der Waals surface area contributed by atoms with E-state index in [2.05, 4.69) is 0 Å². The first-order valence-electron chi connectivity index (χ1n) is 10.6. The second kappa shape index (κ2) is 12.0. The summed E-state index contributed by atoms with van der Waals surface area (Å²) < 4.78 is 27.4. The molecular formula is C22H23NO10S3. The van der Waals surface area contributed by atoms with Crippen LogP contribution in [0.3, 0.4) is 0 Å². The molecule has 0 aliphatic carbocycles. The van der Waals surface area contributed by atoms with Crippen molar-refractivity contribution in [1.29, 1.82) is 0 Å². The lowest BCUT2D eigenvalue weighted by molar-refractivity contribution is -0.268. The van der Waals surface area contributed by atoms with Gasteiger partial charge in [0, 0.05) is 32.6 Å². The summed E-state index contributed by atoms with van der Waals surface area (Å²) in [5, 5.41) is 1.85. The third-order valence-corrected chi connectivity index (χ3v) is 7.01. The molecule has 1 aromatic rings. The molecule has 2 aliphatic heterocycles. The minimum atomic E-state index is -1.42. The number of ether oxygens (including phenoxy) is 5. The first kappa shape index (κ1) is 27.8. The van der Waals surface area contributed by atoms with Gasteiger partial charge >= 0.3 is 23.9 Å². The monoisotopic (exact) mass is 557 g/mol. The van der Waals surface area contributed by atoms with Gasteiger partial charge in [0.25, 0.3) is 5.91 Å². The predicted molar refractivity (Wildman–Crippen MR) is 131 cm³/mol. The summed E-state index contributed by atoms with van der Waals surface area (Å²) in [4.78, 5) is 63.0. The Hall–Kier alpha value is -2.81. The minimum Gasteiger partial charge on any atom is -0.463 e. The van der Waals surface area contributed by atoms with E-state index >= 15 is 0 Å². The van der Waals surface area contributed by atoms with Gasteiger partial charge in [-0.3, -0.25) is 28.9 Å². The fourth-order valence-electron chi connectivity index (χ4n) is 3.62. The molecule has 0 radical (unpaired) electrons. The Labute approximate surface area is 220 Å². The largest absolute Gasteiger partial charge is 0.463 e. The number of hydrogen-bond acceptors (Lipinski definition) is 13. The highest BCUT2D eigenvalue weighted by Crippen LogP contribution is 2.39. The number of nitrogens with zero attached hydrogens (tertiary/aromatic N) is 1. The smallest absolute Gasteiger partial charge is 0.303 e. The zero-order valence-electron chi connectivity index (χ0n) is 19.7. The van der Waals surface area contributed by atoms with Crippen LogP contribution < -0.4 is 0 Å². The van der Waals surface area contributed by atoms with E-state index in [1.165, 1.54) is 18.3 Å². The molecule has 0 spiro atoms. The molecular weight excluding hydrogens is 534 g/mol. The number of thiocarbonyl (C=S) groups is 1. The van der Waals surface area contributed by atoms with E-state index in [0.29, 0.717) is 4.91 Å². The van der Waals surface area contributed by atoms with E-state index < -0.39 is 67.0 Å². The molecule has 1 amide bonds. The highest BCUT2D eigenvalue weighted by Gasteiger charge is 2.56. The molecule has 0 N–H and O–H groups in total. The van der Waals surface area contributed by atoms with Crippen molar-refractivity contribution in [3.63, 3.8) is 0 Å². The van der Waals surface area contributed by atoms with E-state index in [-0.39, 0.29) is 4.32 Å². The van der Waals surface area contributed by atoms with Crippen molar-refractivity contribution in [2.45, 2.75) is 58.3 Å². The van der Waals surface area contributed by atoms with E-state index in [1.807, 2.05) is 17.5 Å². The Morgan fingerprint density at radius 2 is 1.61 bits per heavy atom. The summed E-state index contributed by atoms with van der Waals surface area (Å²) in [7, 11) is 0. The number of amides is 1. The Bertz CT molecular complexity index is 1090. The zero-order chi connectivity index (χ0) is 26.6. The summed E-state index contributed by atoms with van der Waals surface area (Å²) in [5.41, 5.74) is 0. The molecule has 0 unspecified atom stereocenters. The van der Waals surface area contributed by atoms with Gasteiger partial charge in [-0.25, -0.2) is 0 Å². The predicted octanol–water partition coefficient (Wildman–Crippen LogP) is 2.03. The highest BCUT2D eigenvalue weighted by molar-refractivity contribution is 8.26. The quantitative estimate of drug-likeness (QED) is 0.210. The van der Waals surface area contributed by atoms with Gasteiger partial charge < -0.3 is 23.7 Å². The molecule has 0 bridgehead atoms. The first-order valence-corrected chi connectivity index (χ1v) is 12.7. The van der Waals surface area contributed by atoms with Gasteiger partial charge in [0.1, 0.15) is 12.7 Å². The number of esters is 4. The Kier molecular flexibility index (Phi) is 9.22. The second-order valence-electron chi connectivity index (χ2n) is 7.66. The van der Waals surface area contributed by atoms with Crippen LogP contribution >= 0.6 is 35.3 Å². The highest BCUT2D eigenvalue weighted by atomic mass is 32.2. The molecule has 36 heavy (non-hydrogen) atoms. The van der Waals surface area contributed by atoms with Crippen molar-refractivity contribution < 1.29 is 47.7 Å². The van der Waals surface area contributed by atoms with Gasteiger partial charge in [0.05, 0.1) is 4.91 Å². The van der Waals surface area contributed by atoms with Crippen molar-refractivity contribution in [2.24, 2.45) is 0 Å². The second-order valence-corrected chi connectivity index (χ2v) is 10.3. The molecule has 3 rings (SSSR count). The summed E-state index contributed by atoms with van der Waals surface area (Å²) in [6, 6.07) is 3.66. The van der Waals surface area contributed by atoms with Crippen LogP contribution in [0.1, 0.15) is 32.6 Å². The topological polar surface area (TPSA) is 135 Å². The third kappa shape index (κ3) is 6.69. The lowest BCUT2D eigenvalue weighted by Crippen LogP contribution is -2.66. The van der Waals surface area contributed by atoms with Crippen molar-refractivity contribution in [1.82, 2.24) is 4.90 Å².